The van der Waals surface area contributed by atoms with Crippen molar-refractivity contribution in [3.63, 3.8) is 0 Å². The molecule has 0 aromatic rings. The van der Waals surface area contributed by atoms with Gasteiger partial charge in [-0.3, -0.25) is 24.2 Å². The molecular formula is C19H33N7O8. The third-order valence-electron chi connectivity index (χ3n) is 5.18. The number of amides is 3. The summed E-state index contributed by atoms with van der Waals surface area (Å²) < 4.78 is 0. The van der Waals surface area contributed by atoms with E-state index in [9.17, 15) is 34.2 Å². The van der Waals surface area contributed by atoms with E-state index in [1.54, 1.807) is 0 Å². The highest BCUT2D eigenvalue weighted by Gasteiger charge is 2.40. The van der Waals surface area contributed by atoms with Gasteiger partial charge in [0.2, 0.25) is 17.7 Å². The Morgan fingerprint density at radius 3 is 2.32 bits per heavy atom. The Morgan fingerprint density at radius 1 is 1.15 bits per heavy atom. The van der Waals surface area contributed by atoms with Crippen LogP contribution in [0.3, 0.4) is 0 Å². The highest BCUT2D eigenvalue weighted by Crippen LogP contribution is 2.20. The predicted octanol–water partition coefficient (Wildman–Crippen LogP) is -3.73. The molecule has 192 valence electrons. The minimum Gasteiger partial charge on any atom is -0.481 e. The van der Waals surface area contributed by atoms with E-state index in [-0.39, 0.29) is 31.9 Å². The number of hydrogen-bond acceptors (Lipinski definition) is 8. The summed E-state index contributed by atoms with van der Waals surface area (Å²) in [6, 6.07) is -5.22. The molecule has 11 N–H and O–H groups in total. The van der Waals surface area contributed by atoms with Gasteiger partial charge in [0.25, 0.3) is 0 Å². The van der Waals surface area contributed by atoms with Crippen molar-refractivity contribution in [3.05, 3.63) is 0 Å². The Labute approximate surface area is 195 Å². The Bertz CT molecular complexity index is 800. The van der Waals surface area contributed by atoms with E-state index in [4.69, 9.17) is 22.3 Å². The number of nitrogens with zero attached hydrogens (tertiary/aromatic N) is 2. The van der Waals surface area contributed by atoms with Crippen molar-refractivity contribution in [2.24, 2.45) is 22.2 Å². The second-order valence-electron chi connectivity index (χ2n) is 7.97. The minimum absolute atomic E-state index is 0.0971. The molecule has 1 heterocycles. The molecule has 0 aromatic carbocycles. The van der Waals surface area contributed by atoms with Crippen LogP contribution >= 0.6 is 0 Å². The van der Waals surface area contributed by atoms with Crippen molar-refractivity contribution in [3.8, 4) is 0 Å². The molecule has 0 spiro atoms. The van der Waals surface area contributed by atoms with Crippen LogP contribution in [0.2, 0.25) is 0 Å². The summed E-state index contributed by atoms with van der Waals surface area (Å²) in [6.07, 6.45) is -1.01. The summed E-state index contributed by atoms with van der Waals surface area (Å²) in [7, 11) is 0. The number of nitrogens with one attached hydrogen (secondary N) is 2. The van der Waals surface area contributed by atoms with Gasteiger partial charge in [-0.25, -0.2) is 4.79 Å². The van der Waals surface area contributed by atoms with Crippen LogP contribution in [0.1, 0.15) is 39.0 Å². The lowest BCUT2D eigenvalue weighted by molar-refractivity contribution is -0.148. The number of carbonyl (C=O) groups is 5. The zero-order valence-corrected chi connectivity index (χ0v) is 18.8. The molecule has 5 atom stereocenters. The first-order valence-corrected chi connectivity index (χ1v) is 10.7. The third kappa shape index (κ3) is 8.82. The van der Waals surface area contributed by atoms with Crippen molar-refractivity contribution in [1.82, 2.24) is 15.5 Å². The van der Waals surface area contributed by atoms with E-state index in [0.29, 0.717) is 12.8 Å². The van der Waals surface area contributed by atoms with Gasteiger partial charge in [0.15, 0.2) is 12.0 Å². The normalized spacial score (nSPS) is 18.8. The predicted molar refractivity (Wildman–Crippen MR) is 118 cm³/mol. The number of aliphatic hydroxyl groups is 1. The molecule has 0 bridgehead atoms. The Hall–Kier alpha value is -3.46. The SMILES string of the molecule is CC(O)C(NC(=O)C1CCCN1C(=O)C(CC(=O)O)NC(=O)C(N)CCCN=C(N)N)C(=O)O. The lowest BCUT2D eigenvalue weighted by atomic mass is 10.1. The van der Waals surface area contributed by atoms with Gasteiger partial charge in [0.05, 0.1) is 18.6 Å². The van der Waals surface area contributed by atoms with Crippen LogP contribution in [0, 0.1) is 0 Å². The maximum absolute atomic E-state index is 13.1. The number of aliphatic hydroxyl groups excluding tert-OH is 1. The first-order chi connectivity index (χ1) is 15.8. The number of carbonyl (C=O) groups excluding carboxylic acids is 3. The fraction of sp³-hybridized carbons (Fsp3) is 0.684. The van der Waals surface area contributed by atoms with Crippen molar-refractivity contribution in [1.29, 1.82) is 0 Å². The smallest absolute Gasteiger partial charge is 0.328 e. The van der Waals surface area contributed by atoms with Gasteiger partial charge >= 0.3 is 11.9 Å². The van der Waals surface area contributed by atoms with Crippen molar-refractivity contribution >= 4 is 35.6 Å². The molecule has 1 saturated heterocycles. The van der Waals surface area contributed by atoms with Crippen molar-refractivity contribution in [2.75, 3.05) is 13.1 Å². The van der Waals surface area contributed by atoms with Gasteiger partial charge in [-0.05, 0) is 32.6 Å². The molecule has 1 rings (SSSR count). The van der Waals surface area contributed by atoms with Gasteiger partial charge < -0.3 is 48.1 Å². The Kier molecular flexibility index (Phi) is 11.2. The van der Waals surface area contributed by atoms with Crippen LogP contribution in [-0.2, 0) is 24.0 Å². The maximum atomic E-state index is 13.1. The molecule has 0 aliphatic carbocycles. The van der Waals surface area contributed by atoms with Crippen LogP contribution < -0.4 is 27.8 Å². The van der Waals surface area contributed by atoms with Gasteiger partial charge in [0.1, 0.15) is 12.1 Å². The molecule has 1 aliphatic heterocycles. The standard InChI is InChI=1S/C19H33N7O8/c1-9(27)14(18(33)34)25-16(31)12-5-3-7-26(12)17(32)11(8-13(28)29)24-15(30)10(20)4-2-6-23-19(21)22/h9-12,14,27H,2-8,20H2,1H3,(H,24,30)(H,25,31)(H,28,29)(H,33,34)(H4,21,22,23). The van der Waals surface area contributed by atoms with Gasteiger partial charge in [-0.15, -0.1) is 0 Å². The van der Waals surface area contributed by atoms with Gasteiger partial charge in [-0.2, -0.15) is 0 Å². The quantitative estimate of drug-likeness (QED) is 0.0710. The monoisotopic (exact) mass is 487 g/mol. The van der Waals surface area contributed by atoms with E-state index in [0.717, 1.165) is 4.90 Å². The number of aliphatic imine (C=N–C) groups is 1. The minimum atomic E-state index is -1.59. The third-order valence-corrected chi connectivity index (χ3v) is 5.18. The van der Waals surface area contributed by atoms with Crippen LogP contribution in [0.25, 0.3) is 0 Å². The van der Waals surface area contributed by atoms with Crippen LogP contribution in [0.5, 0.6) is 0 Å². The van der Waals surface area contributed by atoms with Crippen LogP contribution in [0.4, 0.5) is 0 Å². The molecule has 0 radical (unpaired) electrons. The number of nitrogens with two attached hydrogens (primary N) is 3. The van der Waals surface area contributed by atoms with E-state index >= 15 is 0 Å². The highest BCUT2D eigenvalue weighted by molar-refractivity contribution is 5.96. The summed E-state index contributed by atoms with van der Waals surface area (Å²) in [6.45, 7) is 1.52. The number of guanidine groups is 1. The molecule has 1 fully saturated rings. The average molecular weight is 488 g/mol. The summed E-state index contributed by atoms with van der Waals surface area (Å²) in [5, 5.41) is 32.4. The number of hydrogen-bond donors (Lipinski definition) is 8. The number of likely N-dealkylation sites (tertiary alicyclic amines) is 1. The largest absolute Gasteiger partial charge is 0.481 e. The number of rotatable bonds is 13. The van der Waals surface area contributed by atoms with E-state index < -0.39 is 66.4 Å². The maximum Gasteiger partial charge on any atom is 0.328 e. The topological polar surface area (TPSA) is 264 Å². The number of aliphatic carboxylic acids is 2. The zero-order valence-electron chi connectivity index (χ0n) is 18.8. The average Bonchev–Trinajstić information content (AvgIpc) is 3.22. The van der Waals surface area contributed by atoms with Gasteiger partial charge in [0, 0.05) is 13.1 Å². The first-order valence-electron chi connectivity index (χ1n) is 10.7. The molecule has 34 heavy (non-hydrogen) atoms. The molecule has 0 saturated carbocycles. The highest BCUT2D eigenvalue weighted by atomic mass is 16.4. The zero-order chi connectivity index (χ0) is 26.0. The summed E-state index contributed by atoms with van der Waals surface area (Å²) in [5.74, 6) is -5.31. The molecular weight excluding hydrogens is 454 g/mol. The molecule has 15 heteroatoms. The first kappa shape index (κ1) is 28.6. The fourth-order valence-corrected chi connectivity index (χ4v) is 3.45. The lowest BCUT2D eigenvalue weighted by Crippen LogP contribution is -2.58. The summed E-state index contributed by atoms with van der Waals surface area (Å²) >= 11 is 0. The summed E-state index contributed by atoms with van der Waals surface area (Å²) in [4.78, 5) is 65.5. The molecule has 3 amide bonds. The van der Waals surface area contributed by atoms with E-state index in [1.807, 2.05) is 0 Å². The number of carboxylic acid groups (broad SMARTS) is 2. The second-order valence-corrected chi connectivity index (χ2v) is 7.97. The van der Waals surface area contributed by atoms with Crippen LogP contribution in [-0.4, -0.2) is 99.2 Å². The van der Waals surface area contributed by atoms with E-state index in [1.165, 1.54) is 6.92 Å². The fourth-order valence-electron chi connectivity index (χ4n) is 3.45. The van der Waals surface area contributed by atoms with Crippen molar-refractivity contribution < 1.29 is 39.3 Å². The second kappa shape index (κ2) is 13.3. The van der Waals surface area contributed by atoms with Gasteiger partial charge in [-0.1, -0.05) is 0 Å². The molecule has 1 aliphatic rings. The summed E-state index contributed by atoms with van der Waals surface area (Å²) in [5.41, 5.74) is 16.2. The Balaban J connectivity index is 2.88. The van der Waals surface area contributed by atoms with Crippen molar-refractivity contribution in [2.45, 2.75) is 69.3 Å². The molecule has 15 nitrogen and oxygen atoms in total. The number of carboxylic acids is 2. The van der Waals surface area contributed by atoms with Crippen LogP contribution in [0.15, 0.2) is 4.99 Å². The van der Waals surface area contributed by atoms with E-state index in [2.05, 4.69) is 15.6 Å². The molecule has 0 aromatic heterocycles. The molecule has 5 unspecified atom stereocenters. The lowest BCUT2D eigenvalue weighted by Gasteiger charge is -2.29. The Morgan fingerprint density at radius 2 is 1.79 bits per heavy atom.